The summed E-state index contributed by atoms with van der Waals surface area (Å²) in [7, 11) is -1.94. The Morgan fingerprint density at radius 2 is 1.89 bits per heavy atom. The molecule has 0 saturated heterocycles. The minimum absolute atomic E-state index is 0.214. The molecule has 9 heavy (non-hydrogen) atoms. The monoisotopic (exact) mass is 156 g/mol. The molecule has 54 valence electrons. The summed E-state index contributed by atoms with van der Waals surface area (Å²) >= 11 is 0. The van der Waals surface area contributed by atoms with Gasteiger partial charge in [-0.2, -0.15) is 13.2 Å². The fraction of sp³-hybridized carbons (Fsp3) is 1.00. The maximum absolute atomic E-state index is 11.3. The molecule has 0 atom stereocenters. The SMILES string of the molecule is C[Si](=O)CCC(F)(F)F. The molecular formula is C4H7F3OSi. The molecule has 0 aliphatic carbocycles. The van der Waals surface area contributed by atoms with Crippen LogP contribution >= 0.6 is 0 Å². The van der Waals surface area contributed by atoms with Gasteiger partial charge >= 0.3 is 6.18 Å². The van der Waals surface area contributed by atoms with Crippen molar-refractivity contribution in [3.63, 3.8) is 0 Å². The Labute approximate surface area is 52.5 Å². The molecule has 0 fully saturated rings. The third-order valence-corrected chi connectivity index (χ3v) is 1.71. The van der Waals surface area contributed by atoms with Crippen LogP contribution in [-0.2, 0) is 4.46 Å². The average Bonchev–Trinajstić information content (AvgIpc) is 1.59. The molecule has 0 spiro atoms. The van der Waals surface area contributed by atoms with Crippen molar-refractivity contribution in [1.82, 2.24) is 0 Å². The Morgan fingerprint density at radius 3 is 2.00 bits per heavy atom. The van der Waals surface area contributed by atoms with Gasteiger partial charge in [0.05, 0.1) is 0 Å². The third kappa shape index (κ3) is 7.81. The lowest BCUT2D eigenvalue weighted by Crippen LogP contribution is -2.08. The van der Waals surface area contributed by atoms with Crippen LogP contribution in [0.1, 0.15) is 6.42 Å². The molecular weight excluding hydrogens is 149 g/mol. The Morgan fingerprint density at radius 1 is 1.44 bits per heavy atom. The zero-order valence-corrected chi connectivity index (χ0v) is 5.96. The first-order chi connectivity index (χ1) is 3.92. The highest BCUT2D eigenvalue weighted by atomic mass is 28.3. The van der Waals surface area contributed by atoms with Crippen molar-refractivity contribution < 1.29 is 17.6 Å². The highest BCUT2D eigenvalue weighted by Crippen LogP contribution is 2.21. The van der Waals surface area contributed by atoms with Gasteiger partial charge in [-0.25, -0.2) is 0 Å². The molecule has 0 rings (SSSR count). The summed E-state index contributed by atoms with van der Waals surface area (Å²) in [6.45, 7) is 1.33. The first-order valence-corrected chi connectivity index (χ1v) is 4.59. The Hall–Kier alpha value is -0.193. The molecule has 0 amide bonds. The van der Waals surface area contributed by atoms with E-state index in [4.69, 9.17) is 0 Å². The lowest BCUT2D eigenvalue weighted by molar-refractivity contribution is -0.130. The van der Waals surface area contributed by atoms with Crippen molar-refractivity contribution >= 4 is 8.68 Å². The number of halogens is 3. The van der Waals surface area contributed by atoms with E-state index < -0.39 is 21.3 Å². The molecule has 0 aliphatic heterocycles. The zero-order valence-electron chi connectivity index (χ0n) is 4.96. The smallest absolute Gasteiger partial charge is 0.389 e. The molecule has 0 aromatic heterocycles. The van der Waals surface area contributed by atoms with Gasteiger partial charge in [-0.15, -0.1) is 0 Å². The Kier molecular flexibility index (Phi) is 3.03. The van der Waals surface area contributed by atoms with Gasteiger partial charge in [-0.3, -0.25) is 0 Å². The maximum Gasteiger partial charge on any atom is 0.389 e. The van der Waals surface area contributed by atoms with E-state index in [1.165, 1.54) is 6.55 Å². The van der Waals surface area contributed by atoms with Crippen molar-refractivity contribution in [2.24, 2.45) is 0 Å². The van der Waals surface area contributed by atoms with Crippen LogP contribution in [0.25, 0.3) is 0 Å². The maximum atomic E-state index is 11.3. The van der Waals surface area contributed by atoms with Crippen LogP contribution in [0.4, 0.5) is 13.2 Å². The first kappa shape index (κ1) is 8.81. The van der Waals surface area contributed by atoms with Crippen LogP contribution in [0.2, 0.25) is 12.6 Å². The van der Waals surface area contributed by atoms with Gasteiger partial charge in [0.25, 0.3) is 8.68 Å². The van der Waals surface area contributed by atoms with Crippen molar-refractivity contribution in [3.8, 4) is 0 Å². The van der Waals surface area contributed by atoms with Gasteiger partial charge in [0.1, 0.15) is 0 Å². The van der Waals surface area contributed by atoms with Crippen molar-refractivity contribution in [2.45, 2.75) is 25.2 Å². The summed E-state index contributed by atoms with van der Waals surface area (Å²) in [6.07, 6.45) is -5.06. The summed E-state index contributed by atoms with van der Waals surface area (Å²) in [5, 5.41) is 0. The van der Waals surface area contributed by atoms with Crippen molar-refractivity contribution in [2.75, 3.05) is 0 Å². The molecule has 0 saturated carbocycles. The van der Waals surface area contributed by atoms with Crippen LogP contribution in [0.15, 0.2) is 0 Å². The number of alkyl halides is 3. The van der Waals surface area contributed by atoms with E-state index in [2.05, 4.69) is 0 Å². The van der Waals surface area contributed by atoms with E-state index in [9.17, 15) is 17.6 Å². The standard InChI is InChI=1S/C4H7F3OSi/c1-9(8)3-2-4(5,6)7/h2-3H2,1H3. The summed E-state index contributed by atoms with van der Waals surface area (Å²) in [6, 6.07) is -0.214. The summed E-state index contributed by atoms with van der Waals surface area (Å²) in [4.78, 5) is 0. The van der Waals surface area contributed by atoms with Crippen molar-refractivity contribution in [1.29, 1.82) is 0 Å². The molecule has 0 aromatic carbocycles. The molecule has 5 heteroatoms. The number of rotatable bonds is 2. The molecule has 0 heterocycles. The van der Waals surface area contributed by atoms with Crippen LogP contribution in [0.5, 0.6) is 0 Å². The second-order valence-corrected chi connectivity index (χ2v) is 3.72. The van der Waals surface area contributed by atoms with E-state index in [1.807, 2.05) is 0 Å². The zero-order chi connectivity index (χ0) is 7.49. The second kappa shape index (κ2) is 3.10. The largest absolute Gasteiger partial charge is 0.389 e. The minimum Gasteiger partial charge on any atom is -0.389 e. The normalized spacial score (nSPS) is 11.6. The van der Waals surface area contributed by atoms with Crippen LogP contribution in [-0.4, -0.2) is 14.9 Å². The lowest BCUT2D eigenvalue weighted by atomic mass is 10.5. The minimum atomic E-state index is -4.14. The lowest BCUT2D eigenvalue weighted by Gasteiger charge is -2.01. The fourth-order valence-corrected chi connectivity index (χ4v) is 0.953. The van der Waals surface area contributed by atoms with Crippen LogP contribution in [0, 0.1) is 0 Å². The van der Waals surface area contributed by atoms with E-state index in [-0.39, 0.29) is 6.04 Å². The summed E-state index contributed by atoms with van der Waals surface area (Å²) < 4.78 is 44.1. The number of hydrogen-bond acceptors (Lipinski definition) is 1. The molecule has 0 bridgehead atoms. The second-order valence-electron chi connectivity index (χ2n) is 1.82. The third-order valence-electron chi connectivity index (χ3n) is 0.761. The molecule has 0 radical (unpaired) electrons. The van der Waals surface area contributed by atoms with E-state index in [0.717, 1.165) is 0 Å². The van der Waals surface area contributed by atoms with E-state index >= 15 is 0 Å². The van der Waals surface area contributed by atoms with Gasteiger partial charge in [-0.05, 0) is 6.55 Å². The first-order valence-electron chi connectivity index (χ1n) is 2.48. The Balaban J connectivity index is 3.39. The van der Waals surface area contributed by atoms with Gasteiger partial charge < -0.3 is 4.46 Å². The topological polar surface area (TPSA) is 17.1 Å². The highest BCUT2D eigenvalue weighted by Gasteiger charge is 2.27. The number of hydrogen-bond donors (Lipinski definition) is 0. The Bertz CT molecular complexity index is 109. The van der Waals surface area contributed by atoms with Gasteiger partial charge in [-0.1, -0.05) is 0 Å². The van der Waals surface area contributed by atoms with E-state index in [1.54, 1.807) is 0 Å². The van der Waals surface area contributed by atoms with Crippen LogP contribution in [0.3, 0.4) is 0 Å². The predicted molar refractivity (Wildman–Crippen MR) is 27.8 cm³/mol. The van der Waals surface area contributed by atoms with Gasteiger partial charge in [0.2, 0.25) is 0 Å². The summed E-state index contributed by atoms with van der Waals surface area (Å²) in [5.41, 5.74) is 0. The quantitative estimate of drug-likeness (QED) is 0.559. The molecule has 0 aliphatic rings. The predicted octanol–water partition coefficient (Wildman–Crippen LogP) is 1.99. The molecule has 0 N–H and O–H groups in total. The molecule has 1 nitrogen and oxygen atoms in total. The average molecular weight is 156 g/mol. The molecule has 0 aromatic rings. The summed E-state index contributed by atoms with van der Waals surface area (Å²) in [5.74, 6) is 0. The van der Waals surface area contributed by atoms with Crippen molar-refractivity contribution in [3.05, 3.63) is 0 Å². The van der Waals surface area contributed by atoms with Gasteiger partial charge in [0, 0.05) is 12.5 Å². The molecule has 0 unspecified atom stereocenters. The fourth-order valence-electron chi connectivity index (χ4n) is 0.318. The van der Waals surface area contributed by atoms with Gasteiger partial charge in [0.15, 0.2) is 0 Å². The highest BCUT2D eigenvalue weighted by molar-refractivity contribution is 6.40. The van der Waals surface area contributed by atoms with E-state index in [0.29, 0.717) is 0 Å². The van der Waals surface area contributed by atoms with Crippen LogP contribution < -0.4 is 0 Å².